The highest BCUT2D eigenvalue weighted by Gasteiger charge is 2.33. The number of benzene rings is 1. The molecular formula is C10H10F3NO3S. The van der Waals surface area contributed by atoms with Gasteiger partial charge in [0.25, 0.3) is 0 Å². The van der Waals surface area contributed by atoms with Crippen LogP contribution in [0, 0.1) is 17.5 Å². The molecule has 0 atom stereocenters. The van der Waals surface area contributed by atoms with Crippen molar-refractivity contribution in [1.29, 1.82) is 0 Å². The van der Waals surface area contributed by atoms with E-state index < -0.39 is 43.7 Å². The van der Waals surface area contributed by atoms with Gasteiger partial charge in [-0.05, 0) is 0 Å². The van der Waals surface area contributed by atoms with Crippen LogP contribution >= 0.6 is 0 Å². The van der Waals surface area contributed by atoms with E-state index in [1.54, 1.807) is 0 Å². The summed E-state index contributed by atoms with van der Waals surface area (Å²) >= 11 is 0. The number of phenols is 1. The number of nitrogens with zero attached hydrogens (tertiary/aromatic N) is 1. The molecule has 0 unspecified atom stereocenters. The molecule has 0 spiro atoms. The summed E-state index contributed by atoms with van der Waals surface area (Å²) in [6, 6.07) is 0. The highest BCUT2D eigenvalue weighted by atomic mass is 32.2. The molecule has 8 heteroatoms. The second-order valence-electron chi connectivity index (χ2n) is 3.52. The highest BCUT2D eigenvalue weighted by Crippen LogP contribution is 2.35. The molecule has 18 heavy (non-hydrogen) atoms. The molecule has 0 fully saturated rings. The molecule has 0 saturated heterocycles. The fraction of sp³-hybridized carbons (Fsp3) is 0.200. The van der Waals surface area contributed by atoms with E-state index in [2.05, 4.69) is 6.58 Å². The van der Waals surface area contributed by atoms with Crippen LogP contribution < -0.4 is 0 Å². The molecule has 4 nitrogen and oxygen atoms in total. The van der Waals surface area contributed by atoms with Gasteiger partial charge in [-0.3, -0.25) is 0 Å². The van der Waals surface area contributed by atoms with Crippen LogP contribution in [0.25, 0.3) is 6.08 Å². The molecule has 100 valence electrons. The quantitative estimate of drug-likeness (QED) is 0.858. The van der Waals surface area contributed by atoms with Gasteiger partial charge in [0.15, 0.2) is 28.1 Å². The maximum Gasteiger partial charge on any atom is 0.249 e. The largest absolute Gasteiger partial charge is 0.504 e. The molecule has 1 N–H and O–H groups in total. The van der Waals surface area contributed by atoms with E-state index in [9.17, 15) is 26.7 Å². The fourth-order valence-electron chi connectivity index (χ4n) is 1.24. The minimum Gasteiger partial charge on any atom is -0.504 e. The summed E-state index contributed by atoms with van der Waals surface area (Å²) in [5, 5.41) is 9.36. The van der Waals surface area contributed by atoms with Crippen molar-refractivity contribution in [2.45, 2.75) is 4.90 Å². The first kappa shape index (κ1) is 14.5. The normalized spacial score (nSPS) is 11.9. The molecule has 0 saturated carbocycles. The lowest BCUT2D eigenvalue weighted by Gasteiger charge is -2.15. The van der Waals surface area contributed by atoms with Crippen LogP contribution in [-0.4, -0.2) is 31.9 Å². The van der Waals surface area contributed by atoms with Gasteiger partial charge < -0.3 is 5.11 Å². The Morgan fingerprint density at radius 1 is 1.17 bits per heavy atom. The summed E-state index contributed by atoms with van der Waals surface area (Å²) in [5.41, 5.74) is -0.928. The first-order chi connectivity index (χ1) is 8.16. The molecule has 1 aromatic rings. The monoisotopic (exact) mass is 281 g/mol. The van der Waals surface area contributed by atoms with E-state index in [1.807, 2.05) is 0 Å². The van der Waals surface area contributed by atoms with Gasteiger partial charge in [0.05, 0.1) is 5.56 Å². The summed E-state index contributed by atoms with van der Waals surface area (Å²) in [5.74, 6) is -6.62. The lowest BCUT2D eigenvalue weighted by molar-refractivity contribution is 0.382. The van der Waals surface area contributed by atoms with Gasteiger partial charge in [0.2, 0.25) is 10.0 Å². The minimum absolute atomic E-state index is 0.525. The zero-order valence-corrected chi connectivity index (χ0v) is 10.4. The molecule has 0 aromatic heterocycles. The first-order valence-corrected chi connectivity index (χ1v) is 6.04. The maximum atomic E-state index is 13.6. The molecule has 0 heterocycles. The van der Waals surface area contributed by atoms with Gasteiger partial charge in [-0.1, -0.05) is 12.7 Å². The Kier molecular flexibility index (Phi) is 3.72. The van der Waals surface area contributed by atoms with E-state index in [0.29, 0.717) is 10.4 Å². The second kappa shape index (κ2) is 4.62. The number of rotatable bonds is 3. The number of aromatic hydroxyl groups is 1. The summed E-state index contributed by atoms with van der Waals surface area (Å²) in [7, 11) is -2.45. The average molecular weight is 281 g/mol. The summed E-state index contributed by atoms with van der Waals surface area (Å²) in [4.78, 5) is -1.44. The van der Waals surface area contributed by atoms with Crippen molar-refractivity contribution < 1.29 is 26.7 Å². The van der Waals surface area contributed by atoms with Crippen molar-refractivity contribution in [3.05, 3.63) is 29.6 Å². The van der Waals surface area contributed by atoms with Crippen LogP contribution in [0.5, 0.6) is 5.75 Å². The number of phenolic OH excluding ortho intramolecular Hbond substituents is 1. The zero-order chi connectivity index (χ0) is 14.2. The van der Waals surface area contributed by atoms with Crippen molar-refractivity contribution in [3.8, 4) is 5.75 Å². The summed E-state index contributed by atoms with van der Waals surface area (Å²) in [6.45, 7) is 3.04. The first-order valence-electron chi connectivity index (χ1n) is 4.60. The number of hydrogen-bond acceptors (Lipinski definition) is 3. The van der Waals surface area contributed by atoms with E-state index in [-0.39, 0.29) is 0 Å². The molecular weight excluding hydrogens is 271 g/mol. The van der Waals surface area contributed by atoms with Crippen LogP contribution in [0.1, 0.15) is 5.56 Å². The van der Waals surface area contributed by atoms with Gasteiger partial charge in [0, 0.05) is 14.1 Å². The highest BCUT2D eigenvalue weighted by molar-refractivity contribution is 7.89. The van der Waals surface area contributed by atoms with E-state index in [4.69, 9.17) is 0 Å². The van der Waals surface area contributed by atoms with E-state index in [0.717, 1.165) is 14.1 Å². The Labute approximate surface area is 102 Å². The Bertz CT molecular complexity index is 582. The maximum absolute atomic E-state index is 13.6. The van der Waals surface area contributed by atoms with Crippen molar-refractivity contribution >= 4 is 16.1 Å². The summed E-state index contributed by atoms with van der Waals surface area (Å²) < 4.78 is 64.3. The van der Waals surface area contributed by atoms with Crippen LogP contribution in [-0.2, 0) is 10.0 Å². The standard InChI is InChI=1S/C10H10F3NO3S/c1-4-5-6(11)8(13)10(9(15)7(5)12)18(16,17)14(2)3/h4,15H,1H2,2-3H3. The van der Waals surface area contributed by atoms with Gasteiger partial charge >= 0.3 is 0 Å². The van der Waals surface area contributed by atoms with Crippen LogP contribution in [0.4, 0.5) is 13.2 Å². The van der Waals surface area contributed by atoms with Crippen LogP contribution in [0.3, 0.4) is 0 Å². The van der Waals surface area contributed by atoms with Gasteiger partial charge in [-0.25, -0.2) is 25.9 Å². The average Bonchev–Trinajstić information content (AvgIpc) is 2.27. The SMILES string of the molecule is C=Cc1c(F)c(O)c(S(=O)(=O)N(C)C)c(F)c1F. The molecule has 0 bridgehead atoms. The lowest BCUT2D eigenvalue weighted by atomic mass is 10.1. The molecule has 0 radical (unpaired) electrons. The second-order valence-corrected chi connectivity index (χ2v) is 5.61. The van der Waals surface area contributed by atoms with Gasteiger partial charge in [-0.15, -0.1) is 0 Å². The van der Waals surface area contributed by atoms with Crippen molar-refractivity contribution in [2.75, 3.05) is 14.1 Å². The fourth-order valence-corrected chi connectivity index (χ4v) is 2.26. The number of halogens is 3. The third-order valence-electron chi connectivity index (χ3n) is 2.23. The predicted octanol–water partition coefficient (Wildman–Crippen LogP) is 1.70. The molecule has 0 aliphatic rings. The number of sulfonamides is 1. The Morgan fingerprint density at radius 2 is 1.67 bits per heavy atom. The van der Waals surface area contributed by atoms with E-state index >= 15 is 0 Å². The minimum atomic E-state index is -4.51. The zero-order valence-electron chi connectivity index (χ0n) is 9.54. The summed E-state index contributed by atoms with van der Waals surface area (Å²) in [6.07, 6.45) is 0.638. The molecule has 0 aliphatic carbocycles. The van der Waals surface area contributed by atoms with Crippen LogP contribution in [0.15, 0.2) is 11.5 Å². The smallest absolute Gasteiger partial charge is 0.249 e. The topological polar surface area (TPSA) is 57.6 Å². The van der Waals surface area contributed by atoms with Crippen molar-refractivity contribution in [1.82, 2.24) is 4.31 Å². The Hall–Kier alpha value is -1.54. The molecule has 0 aliphatic heterocycles. The predicted molar refractivity (Wildman–Crippen MR) is 58.9 cm³/mol. The third kappa shape index (κ3) is 1.97. The molecule has 1 rings (SSSR count). The third-order valence-corrected chi connectivity index (χ3v) is 4.08. The Balaban J connectivity index is 3.85. The Morgan fingerprint density at radius 3 is 2.06 bits per heavy atom. The van der Waals surface area contributed by atoms with E-state index in [1.165, 1.54) is 0 Å². The van der Waals surface area contributed by atoms with Crippen molar-refractivity contribution in [3.63, 3.8) is 0 Å². The lowest BCUT2D eigenvalue weighted by Crippen LogP contribution is -2.24. The van der Waals surface area contributed by atoms with Gasteiger partial charge in [-0.2, -0.15) is 0 Å². The van der Waals surface area contributed by atoms with Crippen molar-refractivity contribution in [2.24, 2.45) is 0 Å². The molecule has 1 aromatic carbocycles. The number of hydrogen-bond donors (Lipinski definition) is 1. The van der Waals surface area contributed by atoms with Crippen LogP contribution in [0.2, 0.25) is 0 Å². The molecule has 0 amide bonds. The van der Waals surface area contributed by atoms with Gasteiger partial charge in [0.1, 0.15) is 0 Å².